The quantitative estimate of drug-likeness (QED) is 0.226. The van der Waals surface area contributed by atoms with Gasteiger partial charge in [0, 0.05) is 74.8 Å². The van der Waals surface area contributed by atoms with Crippen molar-refractivity contribution >= 4 is 33.2 Å². The molecule has 2 atom stereocenters. The van der Waals surface area contributed by atoms with E-state index in [9.17, 15) is 4.39 Å². The van der Waals surface area contributed by atoms with Crippen molar-refractivity contribution in [2.24, 2.45) is 10.6 Å². The molecule has 246 valence electrons. The first-order valence-electron chi connectivity index (χ1n) is 18.2. The maximum Gasteiger partial charge on any atom is 0.319 e. The number of oxime groups is 1. The van der Waals surface area contributed by atoms with E-state index in [0.29, 0.717) is 65.7 Å². The standard InChI is InChI=1S/C36H41F2N7O2/c1-3-26-29(37)10-7-22-5-4-6-27(30(22)26)32-31(38)33-28(17-39-32)34(45-18-24-8-9-25(19-45)40-24)42-35(41-33)47-21-36(13-14-36)20-44-15-11-23(12-16-44)43-46-2/h4-7,10,17,24-25,40H,3,8-9,11-16,18-21H2,1-2H3/t24-,25+/i2D3. The molecule has 0 unspecified atom stereocenters. The van der Waals surface area contributed by atoms with Gasteiger partial charge in [-0.3, -0.25) is 4.98 Å². The van der Waals surface area contributed by atoms with Gasteiger partial charge in [-0.15, -0.1) is 0 Å². The predicted octanol–water partition coefficient (Wildman–Crippen LogP) is 5.88. The fourth-order valence-electron chi connectivity index (χ4n) is 7.80. The van der Waals surface area contributed by atoms with Gasteiger partial charge in [0.05, 0.1) is 21.8 Å². The lowest BCUT2D eigenvalue weighted by atomic mass is 9.95. The summed E-state index contributed by atoms with van der Waals surface area (Å²) in [5.74, 6) is -0.286. The number of rotatable bonds is 9. The third-order valence-electron chi connectivity index (χ3n) is 10.5. The molecule has 5 heterocycles. The molecule has 8 rings (SSSR count). The van der Waals surface area contributed by atoms with Gasteiger partial charge in [-0.25, -0.2) is 8.78 Å². The molecule has 4 aliphatic rings. The minimum absolute atomic E-state index is 0.0675. The van der Waals surface area contributed by atoms with Gasteiger partial charge in [0.15, 0.2) is 5.82 Å². The number of piperidine rings is 1. The van der Waals surface area contributed by atoms with Crippen LogP contribution in [0.2, 0.25) is 0 Å². The van der Waals surface area contributed by atoms with Gasteiger partial charge in [0.1, 0.15) is 29.9 Å². The maximum atomic E-state index is 16.9. The number of ether oxygens (including phenoxy) is 1. The number of halogens is 2. The van der Waals surface area contributed by atoms with Gasteiger partial charge in [0.2, 0.25) is 0 Å². The van der Waals surface area contributed by atoms with E-state index in [4.69, 9.17) is 13.8 Å². The van der Waals surface area contributed by atoms with E-state index in [1.165, 1.54) is 6.07 Å². The molecule has 2 aromatic carbocycles. The first-order valence-corrected chi connectivity index (χ1v) is 16.7. The lowest BCUT2D eigenvalue weighted by Crippen LogP contribution is -2.51. The molecular formula is C36H41F2N7O2. The van der Waals surface area contributed by atoms with Crippen LogP contribution in [-0.2, 0) is 11.3 Å². The number of pyridine rings is 1. The molecular weight excluding hydrogens is 600 g/mol. The summed E-state index contributed by atoms with van der Waals surface area (Å²) in [6.07, 6.45) is 7.56. The molecule has 9 nitrogen and oxygen atoms in total. The second kappa shape index (κ2) is 12.2. The van der Waals surface area contributed by atoms with Crippen LogP contribution in [0.25, 0.3) is 32.9 Å². The van der Waals surface area contributed by atoms with Gasteiger partial charge in [-0.2, -0.15) is 9.97 Å². The summed E-state index contributed by atoms with van der Waals surface area (Å²) in [5.41, 5.74) is 2.00. The average Bonchev–Trinajstić information content (AvgIpc) is 3.79. The van der Waals surface area contributed by atoms with Crippen molar-refractivity contribution < 1.29 is 22.5 Å². The second-order valence-corrected chi connectivity index (χ2v) is 13.7. The highest BCUT2D eigenvalue weighted by atomic mass is 19.1. The van der Waals surface area contributed by atoms with Crippen molar-refractivity contribution in [1.29, 1.82) is 0 Å². The molecule has 47 heavy (non-hydrogen) atoms. The van der Waals surface area contributed by atoms with Gasteiger partial charge in [-0.1, -0.05) is 36.3 Å². The number of hydrogen-bond acceptors (Lipinski definition) is 9. The van der Waals surface area contributed by atoms with Crippen LogP contribution in [0.3, 0.4) is 0 Å². The molecule has 11 heteroatoms. The molecule has 3 aliphatic heterocycles. The van der Waals surface area contributed by atoms with Crippen molar-refractivity contribution in [3.05, 3.63) is 53.7 Å². The smallest absolute Gasteiger partial charge is 0.319 e. The molecule has 3 saturated heterocycles. The summed E-state index contributed by atoms with van der Waals surface area (Å²) in [7, 11) is -2.54. The molecule has 1 aliphatic carbocycles. The number of likely N-dealkylation sites (tertiary alicyclic amines) is 1. The SMILES string of the molecule is [2H]C([2H])([2H])ON=C1CCN(CC2(COc3nc(N4C[C@H]5CC[C@@H](C4)N5)c4cnc(-c5cccc6ccc(F)c(CC)c56)c(F)c4n3)CC2)CC1. The summed E-state index contributed by atoms with van der Waals surface area (Å²) < 4.78 is 59.8. The van der Waals surface area contributed by atoms with E-state index in [1.807, 2.05) is 19.1 Å². The Morgan fingerprint density at radius 3 is 2.64 bits per heavy atom. The number of aromatic nitrogens is 3. The second-order valence-electron chi connectivity index (χ2n) is 13.7. The molecule has 0 amide bonds. The van der Waals surface area contributed by atoms with E-state index >= 15 is 4.39 Å². The summed E-state index contributed by atoms with van der Waals surface area (Å²) in [6, 6.07) is 9.52. The summed E-state index contributed by atoms with van der Waals surface area (Å²) in [4.78, 5) is 23.4. The van der Waals surface area contributed by atoms with Crippen molar-refractivity contribution in [3.8, 4) is 17.3 Å². The number of nitrogens with zero attached hydrogens (tertiary/aromatic N) is 6. The van der Waals surface area contributed by atoms with Crippen molar-refractivity contribution in [1.82, 2.24) is 25.2 Å². The topological polar surface area (TPSA) is 88.0 Å². The normalized spacial score (nSPS) is 23.4. The summed E-state index contributed by atoms with van der Waals surface area (Å²) in [5, 5.41) is 9.50. The Labute approximate surface area is 277 Å². The Morgan fingerprint density at radius 1 is 1.09 bits per heavy atom. The number of benzene rings is 2. The zero-order chi connectivity index (χ0) is 34.6. The van der Waals surface area contributed by atoms with E-state index in [1.54, 1.807) is 18.3 Å². The van der Waals surface area contributed by atoms with Gasteiger partial charge >= 0.3 is 6.01 Å². The van der Waals surface area contributed by atoms with Crippen LogP contribution in [0.5, 0.6) is 6.01 Å². The highest BCUT2D eigenvalue weighted by Gasteiger charge is 2.45. The number of fused-ring (bicyclic) bond motifs is 4. The zero-order valence-electron chi connectivity index (χ0n) is 29.6. The minimum Gasteiger partial charge on any atom is -0.463 e. The number of hydrogen-bond donors (Lipinski definition) is 1. The fourth-order valence-corrected chi connectivity index (χ4v) is 7.80. The van der Waals surface area contributed by atoms with E-state index < -0.39 is 12.9 Å². The van der Waals surface area contributed by atoms with Gasteiger partial charge in [-0.05, 0) is 54.5 Å². The zero-order valence-corrected chi connectivity index (χ0v) is 26.6. The van der Waals surface area contributed by atoms with Crippen molar-refractivity contribution in [2.45, 2.75) is 64.0 Å². The Hall–Kier alpha value is -3.96. The van der Waals surface area contributed by atoms with Crippen molar-refractivity contribution in [3.63, 3.8) is 0 Å². The average molecular weight is 645 g/mol. The van der Waals surface area contributed by atoms with E-state index in [-0.39, 0.29) is 28.5 Å². The largest absolute Gasteiger partial charge is 0.463 e. The molecule has 1 N–H and O–H groups in total. The molecule has 4 aromatic rings. The first kappa shape index (κ1) is 27.0. The predicted molar refractivity (Wildman–Crippen MR) is 179 cm³/mol. The Bertz CT molecular complexity index is 1950. The Morgan fingerprint density at radius 2 is 1.89 bits per heavy atom. The minimum atomic E-state index is -2.54. The lowest BCUT2D eigenvalue weighted by Gasteiger charge is -2.34. The number of piperazine rings is 1. The third kappa shape index (κ3) is 5.77. The number of nitrogens with one attached hydrogen (secondary N) is 1. The van der Waals surface area contributed by atoms with Crippen LogP contribution in [0.1, 0.15) is 55.1 Å². The van der Waals surface area contributed by atoms with Crippen LogP contribution < -0.4 is 15.0 Å². The Balaban J connectivity index is 1.09. The number of anilines is 1. The van der Waals surface area contributed by atoms with E-state index in [2.05, 4.69) is 35.1 Å². The van der Waals surface area contributed by atoms with Crippen LogP contribution >= 0.6 is 0 Å². The summed E-state index contributed by atoms with van der Waals surface area (Å²) in [6.45, 7) is 6.11. The Kier molecular flexibility index (Phi) is 7.05. The lowest BCUT2D eigenvalue weighted by molar-refractivity contribution is 0.151. The van der Waals surface area contributed by atoms with Crippen molar-refractivity contribution in [2.75, 3.05) is 51.3 Å². The van der Waals surface area contributed by atoms with Crippen LogP contribution in [0.4, 0.5) is 14.6 Å². The molecule has 0 spiro atoms. The molecule has 2 bridgehead atoms. The third-order valence-corrected chi connectivity index (χ3v) is 10.5. The monoisotopic (exact) mass is 644 g/mol. The van der Waals surface area contributed by atoms with Gasteiger partial charge in [0.25, 0.3) is 0 Å². The summed E-state index contributed by atoms with van der Waals surface area (Å²) >= 11 is 0. The van der Waals surface area contributed by atoms with Gasteiger partial charge < -0.3 is 24.7 Å². The highest BCUT2D eigenvalue weighted by Crippen LogP contribution is 2.47. The molecule has 0 radical (unpaired) electrons. The molecule has 4 fully saturated rings. The first-order chi connectivity index (χ1) is 24.1. The molecule has 2 aromatic heterocycles. The highest BCUT2D eigenvalue weighted by molar-refractivity contribution is 6.01. The maximum absolute atomic E-state index is 16.9. The van der Waals surface area contributed by atoms with Crippen LogP contribution in [0, 0.1) is 17.0 Å². The molecule has 1 saturated carbocycles. The van der Waals surface area contributed by atoms with Crippen LogP contribution in [-0.4, -0.2) is 84.0 Å². The number of aryl methyl sites for hydroxylation is 1. The van der Waals surface area contributed by atoms with E-state index in [0.717, 1.165) is 69.5 Å². The fraction of sp³-hybridized carbons (Fsp3) is 0.500. The van der Waals surface area contributed by atoms with Crippen LogP contribution in [0.15, 0.2) is 41.7 Å².